The molecule has 36 heavy (non-hydrogen) atoms. The fraction of sp³-hybridized carbons (Fsp3) is 0.308. The Morgan fingerprint density at radius 3 is 2.03 bits per heavy atom. The molecule has 1 aliphatic rings. The Morgan fingerprint density at radius 1 is 0.833 bits per heavy atom. The Kier molecular flexibility index (Phi) is 7.56. The fourth-order valence-corrected chi connectivity index (χ4v) is 3.91. The molecule has 1 fully saturated rings. The van der Waals surface area contributed by atoms with E-state index in [0.717, 1.165) is 37.1 Å². The minimum absolute atomic E-state index is 0.0878. The molecule has 192 valence electrons. The first-order valence-corrected chi connectivity index (χ1v) is 11.1. The van der Waals surface area contributed by atoms with E-state index in [4.69, 9.17) is 9.47 Å². The molecule has 0 N–H and O–H groups in total. The van der Waals surface area contributed by atoms with Crippen molar-refractivity contribution >= 4 is 0 Å². The van der Waals surface area contributed by atoms with Gasteiger partial charge in [-0.05, 0) is 24.1 Å². The van der Waals surface area contributed by atoms with E-state index in [1.807, 2.05) is 6.92 Å². The van der Waals surface area contributed by atoms with Crippen LogP contribution in [0.1, 0.15) is 37.2 Å². The Hall–Kier alpha value is -3.11. The topological polar surface area (TPSA) is 27.7 Å². The SMILES string of the molecule is CCCC1COC(c2ccc(-c3ccc(C(F)(F)Oc4cc(F)c(F)c(F)c4)cc3)c(F)c2F)OC1. The number of alkyl halides is 2. The number of rotatable bonds is 7. The van der Waals surface area contributed by atoms with Crippen LogP contribution in [0.3, 0.4) is 0 Å². The minimum Gasteiger partial charge on any atom is -0.429 e. The molecule has 3 aromatic rings. The van der Waals surface area contributed by atoms with Gasteiger partial charge in [-0.15, -0.1) is 0 Å². The van der Waals surface area contributed by atoms with Gasteiger partial charge in [-0.2, -0.15) is 8.78 Å². The third-order valence-electron chi connectivity index (χ3n) is 5.76. The summed E-state index contributed by atoms with van der Waals surface area (Å²) in [5, 5.41) is 0. The van der Waals surface area contributed by atoms with E-state index in [2.05, 4.69) is 4.74 Å². The number of ether oxygens (including phenoxy) is 3. The number of hydrogen-bond donors (Lipinski definition) is 0. The Morgan fingerprint density at radius 2 is 1.44 bits per heavy atom. The van der Waals surface area contributed by atoms with Crippen molar-refractivity contribution in [3.63, 3.8) is 0 Å². The lowest BCUT2D eigenvalue weighted by atomic mass is 10.00. The highest BCUT2D eigenvalue weighted by Crippen LogP contribution is 2.36. The summed E-state index contributed by atoms with van der Waals surface area (Å²) in [7, 11) is 0. The fourth-order valence-electron chi connectivity index (χ4n) is 3.91. The molecule has 0 saturated carbocycles. The predicted molar refractivity (Wildman–Crippen MR) is 116 cm³/mol. The average Bonchev–Trinajstić information content (AvgIpc) is 2.85. The summed E-state index contributed by atoms with van der Waals surface area (Å²) in [4.78, 5) is 0. The summed E-state index contributed by atoms with van der Waals surface area (Å²) in [6.07, 6.45) is -3.28. The lowest BCUT2D eigenvalue weighted by molar-refractivity contribution is -0.207. The number of benzene rings is 3. The van der Waals surface area contributed by atoms with E-state index in [0.29, 0.717) is 13.2 Å². The van der Waals surface area contributed by atoms with Gasteiger partial charge in [0.05, 0.1) is 18.8 Å². The highest BCUT2D eigenvalue weighted by molar-refractivity contribution is 5.65. The summed E-state index contributed by atoms with van der Waals surface area (Å²) >= 11 is 0. The molecule has 0 aromatic heterocycles. The van der Waals surface area contributed by atoms with Gasteiger partial charge in [-0.3, -0.25) is 0 Å². The number of halogens is 7. The Balaban J connectivity index is 1.51. The molecule has 0 spiro atoms. The second kappa shape index (κ2) is 10.5. The maximum absolute atomic E-state index is 14.9. The molecular formula is C26H21F7O3. The summed E-state index contributed by atoms with van der Waals surface area (Å²) < 4.78 is 114. The van der Waals surface area contributed by atoms with E-state index in [-0.39, 0.29) is 34.7 Å². The van der Waals surface area contributed by atoms with Crippen molar-refractivity contribution in [2.75, 3.05) is 13.2 Å². The molecule has 0 bridgehead atoms. The van der Waals surface area contributed by atoms with Gasteiger partial charge in [-0.1, -0.05) is 37.6 Å². The zero-order chi connectivity index (χ0) is 26.0. The highest BCUT2D eigenvalue weighted by Gasteiger charge is 2.35. The molecule has 1 saturated heterocycles. The molecule has 0 unspecified atom stereocenters. The number of hydrogen-bond acceptors (Lipinski definition) is 3. The van der Waals surface area contributed by atoms with Crippen molar-refractivity contribution in [1.29, 1.82) is 0 Å². The van der Waals surface area contributed by atoms with E-state index in [9.17, 15) is 30.7 Å². The third kappa shape index (κ3) is 5.34. The largest absolute Gasteiger partial charge is 0.429 e. The van der Waals surface area contributed by atoms with Crippen LogP contribution in [0.25, 0.3) is 11.1 Å². The van der Waals surface area contributed by atoms with Crippen LogP contribution < -0.4 is 4.74 Å². The summed E-state index contributed by atoms with van der Waals surface area (Å²) in [5.41, 5.74) is -0.944. The van der Waals surface area contributed by atoms with Crippen LogP contribution in [-0.2, 0) is 15.6 Å². The van der Waals surface area contributed by atoms with Crippen molar-refractivity contribution < 1.29 is 44.9 Å². The maximum atomic E-state index is 14.9. The monoisotopic (exact) mass is 514 g/mol. The van der Waals surface area contributed by atoms with Gasteiger partial charge in [0.25, 0.3) is 0 Å². The van der Waals surface area contributed by atoms with Gasteiger partial charge < -0.3 is 14.2 Å². The van der Waals surface area contributed by atoms with Crippen molar-refractivity contribution in [2.24, 2.45) is 5.92 Å². The van der Waals surface area contributed by atoms with Gasteiger partial charge in [0.15, 0.2) is 35.4 Å². The molecule has 1 aliphatic heterocycles. The lowest BCUT2D eigenvalue weighted by Gasteiger charge is -2.29. The molecule has 0 amide bonds. The first kappa shape index (κ1) is 26.0. The van der Waals surface area contributed by atoms with Crippen LogP contribution >= 0.6 is 0 Å². The van der Waals surface area contributed by atoms with Crippen molar-refractivity contribution in [1.82, 2.24) is 0 Å². The van der Waals surface area contributed by atoms with Gasteiger partial charge in [0.1, 0.15) is 5.75 Å². The second-order valence-corrected chi connectivity index (χ2v) is 8.38. The molecule has 3 aromatic carbocycles. The van der Waals surface area contributed by atoms with E-state index in [1.54, 1.807) is 0 Å². The van der Waals surface area contributed by atoms with E-state index >= 15 is 0 Å². The van der Waals surface area contributed by atoms with Crippen molar-refractivity contribution in [2.45, 2.75) is 32.2 Å². The standard InChI is InChI=1S/C26H21F7O3/c1-2-3-14-12-34-25(35-13-14)19-9-8-18(22(29)23(19)30)15-4-6-16(7-5-15)26(32,33)36-17-10-20(27)24(31)21(28)11-17/h4-11,14,25H,2-3,12-13H2,1H3. The van der Waals surface area contributed by atoms with Crippen LogP contribution in [0.2, 0.25) is 0 Å². The third-order valence-corrected chi connectivity index (χ3v) is 5.76. The Bertz CT molecular complexity index is 1200. The quantitative estimate of drug-likeness (QED) is 0.240. The normalized spacial score (nSPS) is 18.3. The van der Waals surface area contributed by atoms with E-state index in [1.165, 1.54) is 12.1 Å². The van der Waals surface area contributed by atoms with Gasteiger partial charge in [-0.25, -0.2) is 22.0 Å². The molecule has 1 heterocycles. The Labute approximate surface area is 202 Å². The van der Waals surface area contributed by atoms with Crippen LogP contribution in [0.15, 0.2) is 48.5 Å². The predicted octanol–water partition coefficient (Wildman–Crippen LogP) is 7.64. The van der Waals surface area contributed by atoms with Gasteiger partial charge in [0, 0.05) is 29.2 Å². The molecule has 0 aliphatic carbocycles. The molecule has 0 radical (unpaired) electrons. The lowest BCUT2D eigenvalue weighted by Crippen LogP contribution is -2.27. The minimum atomic E-state index is -4.06. The van der Waals surface area contributed by atoms with Gasteiger partial charge in [0.2, 0.25) is 0 Å². The van der Waals surface area contributed by atoms with Crippen LogP contribution in [-0.4, -0.2) is 13.2 Å². The zero-order valence-electron chi connectivity index (χ0n) is 19.0. The van der Waals surface area contributed by atoms with Gasteiger partial charge >= 0.3 is 6.11 Å². The molecule has 3 nitrogen and oxygen atoms in total. The van der Waals surface area contributed by atoms with Crippen LogP contribution in [0.5, 0.6) is 5.75 Å². The second-order valence-electron chi connectivity index (χ2n) is 8.38. The maximum Gasteiger partial charge on any atom is 0.426 e. The van der Waals surface area contributed by atoms with Crippen molar-refractivity contribution in [3.05, 3.63) is 88.7 Å². The van der Waals surface area contributed by atoms with E-state index < -0.39 is 52.8 Å². The highest BCUT2D eigenvalue weighted by atomic mass is 19.3. The summed E-state index contributed by atoms with van der Waals surface area (Å²) in [6, 6.07) is 7.15. The molecule has 10 heteroatoms. The summed E-state index contributed by atoms with van der Waals surface area (Å²) in [5.74, 6) is -8.34. The van der Waals surface area contributed by atoms with Crippen LogP contribution in [0, 0.1) is 35.0 Å². The molecule has 0 atom stereocenters. The molecule has 4 rings (SSSR count). The van der Waals surface area contributed by atoms with Crippen molar-refractivity contribution in [3.8, 4) is 16.9 Å². The summed E-state index contributed by atoms with van der Waals surface area (Å²) in [6.45, 7) is 2.74. The zero-order valence-corrected chi connectivity index (χ0v) is 19.0. The first-order valence-electron chi connectivity index (χ1n) is 11.1. The molecular weight excluding hydrogens is 493 g/mol. The van der Waals surface area contributed by atoms with Crippen LogP contribution in [0.4, 0.5) is 30.7 Å². The smallest absolute Gasteiger partial charge is 0.426 e. The average molecular weight is 514 g/mol. The first-order chi connectivity index (χ1) is 17.1.